The number of likely N-dealkylation sites (N-methyl/N-ethyl adjacent to an activating group) is 1. The SMILES string of the molecule is CCC(N)C(=O)N(C)CC(=O)NCC(C)C. The lowest BCUT2D eigenvalue weighted by atomic mass is 10.2. The van der Waals surface area contributed by atoms with Crippen LogP contribution in [-0.2, 0) is 9.59 Å². The van der Waals surface area contributed by atoms with Gasteiger partial charge in [-0.05, 0) is 12.3 Å². The fraction of sp³-hybridized carbons (Fsp3) is 0.818. The molecule has 0 fully saturated rings. The van der Waals surface area contributed by atoms with E-state index in [2.05, 4.69) is 5.32 Å². The van der Waals surface area contributed by atoms with Crippen molar-refractivity contribution in [2.75, 3.05) is 20.1 Å². The second kappa shape index (κ2) is 7.22. The number of hydrogen-bond donors (Lipinski definition) is 2. The highest BCUT2D eigenvalue weighted by Crippen LogP contribution is 1.94. The van der Waals surface area contributed by atoms with Crippen molar-refractivity contribution in [1.29, 1.82) is 0 Å². The lowest BCUT2D eigenvalue weighted by Crippen LogP contribution is -2.46. The summed E-state index contributed by atoms with van der Waals surface area (Å²) in [5.41, 5.74) is 5.59. The van der Waals surface area contributed by atoms with E-state index in [0.717, 1.165) is 0 Å². The zero-order chi connectivity index (χ0) is 12.7. The van der Waals surface area contributed by atoms with Crippen LogP contribution in [0.2, 0.25) is 0 Å². The van der Waals surface area contributed by atoms with E-state index in [0.29, 0.717) is 18.9 Å². The maximum Gasteiger partial charge on any atom is 0.239 e. The number of amides is 2. The molecule has 0 aliphatic carbocycles. The predicted molar refractivity (Wildman–Crippen MR) is 63.8 cm³/mol. The first-order valence-corrected chi connectivity index (χ1v) is 5.65. The number of hydrogen-bond acceptors (Lipinski definition) is 3. The highest BCUT2D eigenvalue weighted by Gasteiger charge is 2.18. The molecule has 0 saturated carbocycles. The first-order valence-electron chi connectivity index (χ1n) is 5.65. The molecule has 5 nitrogen and oxygen atoms in total. The second-order valence-electron chi connectivity index (χ2n) is 4.41. The highest BCUT2D eigenvalue weighted by atomic mass is 16.2. The summed E-state index contributed by atoms with van der Waals surface area (Å²) in [6, 6.07) is -0.511. The minimum atomic E-state index is -0.511. The molecular weight excluding hydrogens is 206 g/mol. The van der Waals surface area contributed by atoms with Crippen LogP contribution in [0.3, 0.4) is 0 Å². The Bertz CT molecular complexity index is 241. The Morgan fingerprint density at radius 2 is 1.94 bits per heavy atom. The van der Waals surface area contributed by atoms with E-state index in [1.54, 1.807) is 7.05 Å². The number of carbonyl (C=O) groups excluding carboxylic acids is 2. The van der Waals surface area contributed by atoms with Crippen molar-refractivity contribution in [2.24, 2.45) is 11.7 Å². The van der Waals surface area contributed by atoms with Crippen LogP contribution in [-0.4, -0.2) is 42.9 Å². The molecule has 2 amide bonds. The first kappa shape index (κ1) is 14.9. The van der Waals surface area contributed by atoms with Crippen molar-refractivity contribution >= 4 is 11.8 Å². The second-order valence-corrected chi connectivity index (χ2v) is 4.41. The molecule has 0 rings (SSSR count). The summed E-state index contributed by atoms with van der Waals surface area (Å²) >= 11 is 0. The molecule has 0 bridgehead atoms. The van der Waals surface area contributed by atoms with E-state index >= 15 is 0 Å². The van der Waals surface area contributed by atoms with E-state index in [9.17, 15) is 9.59 Å². The van der Waals surface area contributed by atoms with Gasteiger partial charge in [0.2, 0.25) is 11.8 Å². The van der Waals surface area contributed by atoms with Gasteiger partial charge in [-0.1, -0.05) is 20.8 Å². The number of carbonyl (C=O) groups is 2. The lowest BCUT2D eigenvalue weighted by molar-refractivity contribution is -0.135. The minimum absolute atomic E-state index is 0.0687. The lowest BCUT2D eigenvalue weighted by Gasteiger charge is -2.20. The Kier molecular flexibility index (Phi) is 6.72. The molecule has 5 heteroatoms. The smallest absolute Gasteiger partial charge is 0.239 e. The van der Waals surface area contributed by atoms with Crippen LogP contribution in [0.5, 0.6) is 0 Å². The van der Waals surface area contributed by atoms with Crippen LogP contribution in [0, 0.1) is 5.92 Å². The zero-order valence-corrected chi connectivity index (χ0v) is 10.6. The molecule has 0 aromatic heterocycles. The average Bonchev–Trinajstić information content (AvgIpc) is 2.24. The van der Waals surface area contributed by atoms with Crippen molar-refractivity contribution in [3.05, 3.63) is 0 Å². The number of nitrogens with one attached hydrogen (secondary N) is 1. The maximum absolute atomic E-state index is 11.6. The maximum atomic E-state index is 11.6. The molecule has 0 aromatic rings. The number of nitrogens with zero attached hydrogens (tertiary/aromatic N) is 1. The Labute approximate surface area is 97.4 Å². The van der Waals surface area contributed by atoms with Gasteiger partial charge in [0.05, 0.1) is 12.6 Å². The van der Waals surface area contributed by atoms with Crippen molar-refractivity contribution < 1.29 is 9.59 Å². The van der Waals surface area contributed by atoms with Crippen LogP contribution in [0.15, 0.2) is 0 Å². The largest absolute Gasteiger partial charge is 0.354 e. The number of rotatable bonds is 6. The Balaban J connectivity index is 3.99. The van der Waals surface area contributed by atoms with Crippen LogP contribution in [0.25, 0.3) is 0 Å². The molecule has 1 unspecified atom stereocenters. The van der Waals surface area contributed by atoms with Crippen LogP contribution in [0.4, 0.5) is 0 Å². The van der Waals surface area contributed by atoms with Gasteiger partial charge in [0.25, 0.3) is 0 Å². The van der Waals surface area contributed by atoms with Gasteiger partial charge in [-0.2, -0.15) is 0 Å². The molecule has 16 heavy (non-hydrogen) atoms. The van der Waals surface area contributed by atoms with Crippen molar-refractivity contribution in [1.82, 2.24) is 10.2 Å². The van der Waals surface area contributed by atoms with E-state index < -0.39 is 6.04 Å². The van der Waals surface area contributed by atoms with Gasteiger partial charge in [0.1, 0.15) is 0 Å². The van der Waals surface area contributed by atoms with Crippen LogP contribution in [0.1, 0.15) is 27.2 Å². The molecule has 1 atom stereocenters. The summed E-state index contributed by atoms with van der Waals surface area (Å²) in [6.07, 6.45) is 0.580. The van der Waals surface area contributed by atoms with Gasteiger partial charge in [0.15, 0.2) is 0 Å². The summed E-state index contributed by atoms with van der Waals surface area (Å²) in [5.74, 6) is 0.0675. The van der Waals surface area contributed by atoms with Gasteiger partial charge in [-0.25, -0.2) is 0 Å². The summed E-state index contributed by atoms with van der Waals surface area (Å²) in [7, 11) is 1.59. The summed E-state index contributed by atoms with van der Waals surface area (Å²) in [5, 5.41) is 2.75. The van der Waals surface area contributed by atoms with Gasteiger partial charge in [0, 0.05) is 13.6 Å². The van der Waals surface area contributed by atoms with E-state index in [-0.39, 0.29) is 18.4 Å². The quantitative estimate of drug-likeness (QED) is 0.671. The van der Waals surface area contributed by atoms with Crippen molar-refractivity contribution in [3.8, 4) is 0 Å². The molecule has 0 aliphatic rings. The molecule has 0 heterocycles. The fourth-order valence-electron chi connectivity index (χ4n) is 1.12. The third kappa shape index (κ3) is 5.70. The molecule has 0 aliphatic heterocycles. The van der Waals surface area contributed by atoms with Gasteiger partial charge < -0.3 is 16.0 Å². The minimum Gasteiger partial charge on any atom is -0.354 e. The highest BCUT2D eigenvalue weighted by molar-refractivity contribution is 5.87. The topological polar surface area (TPSA) is 75.4 Å². The molecular formula is C11H23N3O2. The van der Waals surface area contributed by atoms with Gasteiger partial charge in [-0.3, -0.25) is 9.59 Å². The van der Waals surface area contributed by atoms with Crippen LogP contribution >= 0.6 is 0 Å². The normalized spacial score (nSPS) is 12.4. The first-order chi connectivity index (χ1) is 7.38. The third-order valence-corrected chi connectivity index (χ3v) is 2.22. The summed E-state index contributed by atoms with van der Waals surface area (Å²) < 4.78 is 0. The molecule has 0 aromatic carbocycles. The van der Waals surface area contributed by atoms with Gasteiger partial charge >= 0.3 is 0 Å². The molecule has 0 spiro atoms. The van der Waals surface area contributed by atoms with Crippen molar-refractivity contribution in [2.45, 2.75) is 33.2 Å². The fourth-order valence-corrected chi connectivity index (χ4v) is 1.12. The van der Waals surface area contributed by atoms with E-state index in [4.69, 9.17) is 5.73 Å². The standard InChI is InChI=1S/C11H23N3O2/c1-5-9(12)11(16)14(4)7-10(15)13-6-8(2)3/h8-9H,5-7,12H2,1-4H3,(H,13,15). The van der Waals surface area contributed by atoms with E-state index in [1.165, 1.54) is 4.90 Å². The average molecular weight is 229 g/mol. The molecule has 94 valence electrons. The number of nitrogens with two attached hydrogens (primary N) is 1. The molecule has 0 saturated heterocycles. The van der Waals surface area contributed by atoms with Crippen molar-refractivity contribution in [3.63, 3.8) is 0 Å². The predicted octanol–water partition coefficient (Wildman–Crippen LogP) is -0.0457. The summed E-state index contributed by atoms with van der Waals surface area (Å²) in [4.78, 5) is 24.4. The van der Waals surface area contributed by atoms with E-state index in [1.807, 2.05) is 20.8 Å². The third-order valence-electron chi connectivity index (χ3n) is 2.22. The zero-order valence-electron chi connectivity index (χ0n) is 10.6. The Hall–Kier alpha value is -1.10. The molecule has 0 radical (unpaired) electrons. The van der Waals surface area contributed by atoms with Gasteiger partial charge in [-0.15, -0.1) is 0 Å². The monoisotopic (exact) mass is 229 g/mol. The summed E-state index contributed by atoms with van der Waals surface area (Å²) in [6.45, 7) is 6.57. The molecule has 3 N–H and O–H groups in total. The Morgan fingerprint density at radius 1 is 1.38 bits per heavy atom. The Morgan fingerprint density at radius 3 is 2.38 bits per heavy atom. The van der Waals surface area contributed by atoms with Crippen LogP contribution < -0.4 is 11.1 Å².